The summed E-state index contributed by atoms with van der Waals surface area (Å²) < 4.78 is 19.2. The molecule has 0 radical (unpaired) electrons. The first-order valence-electron chi connectivity index (χ1n) is 8.45. The molecule has 0 unspecified atom stereocenters. The van der Waals surface area contributed by atoms with E-state index in [1.807, 2.05) is 29.0 Å². The molecule has 0 spiro atoms. The number of ether oxygens (including phenoxy) is 3. The summed E-state index contributed by atoms with van der Waals surface area (Å²) in [7, 11) is -1.08. The molecule has 0 saturated carbocycles. The van der Waals surface area contributed by atoms with Crippen LogP contribution in [0.25, 0.3) is 10.9 Å². The lowest BCUT2D eigenvalue weighted by molar-refractivity contribution is -0.145. The largest absolute Gasteiger partial charge is 0.481 e. The Morgan fingerprint density at radius 2 is 2.04 bits per heavy atom. The summed E-state index contributed by atoms with van der Waals surface area (Å²) in [5, 5.41) is 1.09. The molecule has 1 aromatic heterocycles. The molecule has 0 aliphatic rings. The summed E-state index contributed by atoms with van der Waals surface area (Å²) in [5.41, 5.74) is 1.01. The summed E-state index contributed by atoms with van der Waals surface area (Å²) in [6, 6.07) is 7.08. The number of fused-ring (bicyclic) bond motifs is 1. The predicted octanol–water partition coefficient (Wildman–Crippen LogP) is 4.66. The fraction of sp³-hybridized carbons (Fsp3) is 0.500. The number of esters is 1. The molecule has 0 saturated heterocycles. The Morgan fingerprint density at radius 3 is 2.72 bits per heavy atom. The number of carbonyl (C=O) groups is 1. The van der Waals surface area contributed by atoms with Gasteiger partial charge in [0, 0.05) is 32.3 Å². The minimum Gasteiger partial charge on any atom is -0.481 e. The summed E-state index contributed by atoms with van der Waals surface area (Å²) in [5.74, 6) is 0.238. The number of rotatable bonds is 9. The van der Waals surface area contributed by atoms with Gasteiger partial charge in [0.15, 0.2) is 6.61 Å². The van der Waals surface area contributed by atoms with Crippen LogP contribution in [0.5, 0.6) is 5.75 Å². The molecule has 0 fully saturated rings. The lowest BCUT2D eigenvalue weighted by Gasteiger charge is -2.16. The number of carbonyl (C=O) groups excluding carboxylic acids is 1. The highest BCUT2D eigenvalue weighted by Gasteiger charge is 2.13. The molecule has 0 aliphatic carbocycles. The number of halogens is 1. The van der Waals surface area contributed by atoms with E-state index in [0.29, 0.717) is 19.1 Å². The van der Waals surface area contributed by atoms with E-state index in [4.69, 9.17) is 14.2 Å². The maximum Gasteiger partial charge on any atom is 0.344 e. The van der Waals surface area contributed by atoms with Crippen LogP contribution in [-0.4, -0.2) is 38.4 Å². The third kappa shape index (κ3) is 6.16. The van der Waals surface area contributed by atoms with Crippen LogP contribution in [0.3, 0.4) is 0 Å². The number of hydrogen-bond donors (Lipinski definition) is 0. The van der Waals surface area contributed by atoms with Gasteiger partial charge in [0.25, 0.3) is 0 Å². The molecule has 0 aliphatic heterocycles. The van der Waals surface area contributed by atoms with E-state index in [9.17, 15) is 4.79 Å². The van der Waals surface area contributed by atoms with Gasteiger partial charge in [0.05, 0.1) is 16.6 Å². The smallest absolute Gasteiger partial charge is 0.344 e. The predicted molar refractivity (Wildman–Crippen MR) is 106 cm³/mol. The molecule has 7 heteroatoms. The van der Waals surface area contributed by atoms with Gasteiger partial charge in [0.1, 0.15) is 12.5 Å². The van der Waals surface area contributed by atoms with Gasteiger partial charge in [-0.15, -0.1) is 0 Å². The van der Waals surface area contributed by atoms with Crippen LogP contribution in [0.4, 0.5) is 0 Å². The Kier molecular flexibility index (Phi) is 7.10. The Morgan fingerprint density at radius 1 is 1.28 bits per heavy atom. The molecule has 1 aromatic carbocycles. The summed E-state index contributed by atoms with van der Waals surface area (Å²) in [6.45, 7) is 10.3. The minimum atomic E-state index is -1.08. The third-order valence-electron chi connectivity index (χ3n) is 3.70. The average Bonchev–Trinajstić information content (AvgIpc) is 2.90. The van der Waals surface area contributed by atoms with Gasteiger partial charge in [0.2, 0.25) is 0 Å². The van der Waals surface area contributed by atoms with Crippen LogP contribution in [0, 0.1) is 0 Å². The highest BCUT2D eigenvalue weighted by molar-refractivity contribution is 9.10. The van der Waals surface area contributed by atoms with Crippen LogP contribution < -0.4 is 4.74 Å². The molecule has 2 aromatic rings. The molecule has 0 atom stereocenters. The number of benzene rings is 1. The first kappa shape index (κ1) is 20.0. The van der Waals surface area contributed by atoms with E-state index in [2.05, 4.69) is 35.6 Å². The van der Waals surface area contributed by atoms with Crippen molar-refractivity contribution in [1.82, 2.24) is 4.57 Å². The molecule has 2 rings (SSSR count). The molecule has 25 heavy (non-hydrogen) atoms. The quantitative estimate of drug-likeness (QED) is 0.331. The van der Waals surface area contributed by atoms with Gasteiger partial charge in [-0.25, -0.2) is 4.79 Å². The van der Waals surface area contributed by atoms with E-state index in [-0.39, 0.29) is 12.6 Å². The van der Waals surface area contributed by atoms with Crippen molar-refractivity contribution in [3.63, 3.8) is 0 Å². The fourth-order valence-corrected chi connectivity index (χ4v) is 3.53. The van der Waals surface area contributed by atoms with Crippen LogP contribution in [-0.2, 0) is 21.0 Å². The number of nitrogens with zero attached hydrogens (tertiary/aromatic N) is 1. The van der Waals surface area contributed by atoms with Gasteiger partial charge >= 0.3 is 5.97 Å². The Hall–Kier alpha value is -1.31. The third-order valence-corrected chi connectivity index (χ3v) is 6.03. The second-order valence-electron chi connectivity index (χ2n) is 7.07. The molecule has 0 bridgehead atoms. The van der Waals surface area contributed by atoms with Gasteiger partial charge in [-0.05, 0) is 41.0 Å². The highest BCUT2D eigenvalue weighted by Crippen LogP contribution is 2.31. The topological polar surface area (TPSA) is 49.7 Å². The standard InChI is InChI=1S/C18H26BrNO4Si/c1-5-23-18(21)12-24-17-11-16-14(10-15(17)19)6-7-20(16)13-22-8-9-25(2,3)4/h6-7,10-11H,5,8-9,12-13H2,1-4H3. The lowest BCUT2D eigenvalue weighted by Crippen LogP contribution is -2.21. The van der Waals surface area contributed by atoms with Crippen molar-refractivity contribution in [3.8, 4) is 5.75 Å². The van der Waals surface area contributed by atoms with Crippen molar-refractivity contribution in [3.05, 3.63) is 28.9 Å². The molecule has 5 nitrogen and oxygen atoms in total. The van der Waals surface area contributed by atoms with Crippen LogP contribution in [0.2, 0.25) is 25.7 Å². The van der Waals surface area contributed by atoms with Crippen molar-refractivity contribution >= 4 is 40.9 Å². The molecule has 0 amide bonds. The molecular formula is C18H26BrNO4Si. The Balaban J connectivity index is 2.04. The van der Waals surface area contributed by atoms with Crippen LogP contribution in [0.15, 0.2) is 28.9 Å². The number of aromatic nitrogens is 1. The lowest BCUT2D eigenvalue weighted by atomic mass is 10.2. The maximum atomic E-state index is 11.5. The highest BCUT2D eigenvalue weighted by atomic mass is 79.9. The van der Waals surface area contributed by atoms with Crippen molar-refractivity contribution in [2.24, 2.45) is 0 Å². The van der Waals surface area contributed by atoms with Crippen molar-refractivity contribution in [1.29, 1.82) is 0 Å². The van der Waals surface area contributed by atoms with Crippen molar-refractivity contribution in [2.45, 2.75) is 39.3 Å². The van der Waals surface area contributed by atoms with E-state index in [1.165, 1.54) is 0 Å². The normalized spacial score (nSPS) is 11.7. The van der Waals surface area contributed by atoms with Gasteiger partial charge in [-0.1, -0.05) is 19.6 Å². The van der Waals surface area contributed by atoms with Gasteiger partial charge < -0.3 is 18.8 Å². The summed E-state index contributed by atoms with van der Waals surface area (Å²) >= 11 is 3.49. The Bertz CT molecular complexity index is 724. The van der Waals surface area contributed by atoms with E-state index in [1.54, 1.807) is 6.92 Å². The summed E-state index contributed by atoms with van der Waals surface area (Å²) in [4.78, 5) is 11.5. The monoisotopic (exact) mass is 427 g/mol. The first-order valence-corrected chi connectivity index (χ1v) is 12.9. The zero-order valence-electron chi connectivity index (χ0n) is 15.3. The maximum absolute atomic E-state index is 11.5. The molecular weight excluding hydrogens is 402 g/mol. The summed E-state index contributed by atoms with van der Waals surface area (Å²) in [6.07, 6.45) is 2.00. The molecule has 138 valence electrons. The first-order chi connectivity index (χ1) is 11.8. The zero-order chi connectivity index (χ0) is 18.4. The van der Waals surface area contributed by atoms with Crippen LogP contribution in [0.1, 0.15) is 6.92 Å². The van der Waals surface area contributed by atoms with E-state index < -0.39 is 8.07 Å². The molecule has 1 heterocycles. The fourth-order valence-electron chi connectivity index (χ4n) is 2.29. The zero-order valence-corrected chi connectivity index (χ0v) is 17.9. The van der Waals surface area contributed by atoms with Gasteiger partial charge in [-0.2, -0.15) is 0 Å². The van der Waals surface area contributed by atoms with Gasteiger partial charge in [-0.3, -0.25) is 0 Å². The van der Waals surface area contributed by atoms with E-state index in [0.717, 1.165) is 28.0 Å². The second kappa shape index (κ2) is 8.87. The van der Waals surface area contributed by atoms with Crippen LogP contribution >= 0.6 is 15.9 Å². The molecule has 0 N–H and O–H groups in total. The van der Waals surface area contributed by atoms with Crippen molar-refractivity contribution in [2.75, 3.05) is 19.8 Å². The average molecular weight is 428 g/mol. The van der Waals surface area contributed by atoms with Crippen molar-refractivity contribution < 1.29 is 19.0 Å². The number of hydrogen-bond acceptors (Lipinski definition) is 4. The van der Waals surface area contributed by atoms with E-state index >= 15 is 0 Å². The minimum absolute atomic E-state index is 0.106. The Labute approximate surface area is 158 Å². The SMILES string of the molecule is CCOC(=O)COc1cc2c(ccn2COCC[Si](C)(C)C)cc1Br. The second-order valence-corrected chi connectivity index (χ2v) is 13.5.